The first-order valence-electron chi connectivity index (χ1n) is 16.4. The van der Waals surface area contributed by atoms with E-state index >= 15 is 0 Å². The zero-order chi connectivity index (χ0) is 32.2. The highest BCUT2D eigenvalue weighted by Crippen LogP contribution is 2.43. The number of amides is 1. The molecule has 3 aromatic heterocycles. The van der Waals surface area contributed by atoms with Gasteiger partial charge in [0, 0.05) is 52.6 Å². The van der Waals surface area contributed by atoms with Crippen molar-refractivity contribution in [3.8, 4) is 11.3 Å². The molecule has 5 aromatic rings. The number of imidazole rings is 1. The second-order valence-electron chi connectivity index (χ2n) is 13.3. The molecule has 0 saturated heterocycles. The monoisotopic (exact) mass is 615 g/mol. The van der Waals surface area contributed by atoms with Gasteiger partial charge < -0.3 is 19.6 Å². The van der Waals surface area contributed by atoms with Crippen LogP contribution in [0.15, 0.2) is 54.6 Å². The lowest BCUT2D eigenvalue weighted by Crippen LogP contribution is -2.52. The summed E-state index contributed by atoms with van der Waals surface area (Å²) in [6.07, 6.45) is 11.4. The topological polar surface area (TPSA) is 102 Å². The van der Waals surface area contributed by atoms with Crippen LogP contribution in [0, 0.1) is 20.8 Å². The van der Waals surface area contributed by atoms with Gasteiger partial charge in [-0.25, -0.2) is 9.78 Å². The first kappa shape index (κ1) is 30.0. The number of aryl methyl sites for hydroxylation is 4. The first-order valence-corrected chi connectivity index (χ1v) is 16.4. The van der Waals surface area contributed by atoms with Crippen LogP contribution in [0.1, 0.15) is 96.1 Å². The van der Waals surface area contributed by atoms with E-state index in [0.29, 0.717) is 11.6 Å². The van der Waals surface area contributed by atoms with Gasteiger partial charge in [-0.15, -0.1) is 0 Å². The van der Waals surface area contributed by atoms with Gasteiger partial charge in [0.15, 0.2) is 0 Å². The molecule has 8 nitrogen and oxygen atoms in total. The molecule has 2 N–H and O–H groups in total. The van der Waals surface area contributed by atoms with Gasteiger partial charge in [0.1, 0.15) is 5.82 Å². The van der Waals surface area contributed by atoms with Crippen molar-refractivity contribution in [1.82, 2.24) is 24.4 Å². The Kier molecular flexibility index (Phi) is 7.54. The van der Waals surface area contributed by atoms with Crippen LogP contribution >= 0.6 is 0 Å². The SMILES string of the molecule is Cc1ccc(-c2c(C)c3cc(C(=O)NC4(c5nc6ccc(/C=C/C(=O)O)cc6n5C)CCC4)ccc3n2C2CCCCC2)c(C)n1. The summed E-state index contributed by atoms with van der Waals surface area (Å²) in [5.74, 6) is -0.260. The Bertz CT molecular complexity index is 2040. The van der Waals surface area contributed by atoms with E-state index in [2.05, 4.69) is 48.0 Å². The summed E-state index contributed by atoms with van der Waals surface area (Å²) in [5, 5.41) is 13.6. The van der Waals surface area contributed by atoms with Gasteiger partial charge in [0.05, 0.1) is 22.3 Å². The van der Waals surface area contributed by atoms with E-state index in [4.69, 9.17) is 15.1 Å². The Morgan fingerprint density at radius 3 is 2.41 bits per heavy atom. The molecule has 2 fully saturated rings. The molecule has 236 valence electrons. The molecule has 0 radical (unpaired) electrons. The van der Waals surface area contributed by atoms with Crippen LogP contribution in [-0.2, 0) is 17.4 Å². The van der Waals surface area contributed by atoms with E-state index < -0.39 is 11.5 Å². The number of nitrogens with zero attached hydrogens (tertiary/aromatic N) is 4. The van der Waals surface area contributed by atoms with Crippen molar-refractivity contribution < 1.29 is 14.7 Å². The van der Waals surface area contributed by atoms with Gasteiger partial charge in [-0.1, -0.05) is 25.3 Å². The van der Waals surface area contributed by atoms with Crippen molar-refractivity contribution >= 4 is 39.9 Å². The molecule has 2 saturated carbocycles. The number of hydrogen-bond donors (Lipinski definition) is 2. The van der Waals surface area contributed by atoms with E-state index in [0.717, 1.165) is 82.9 Å². The van der Waals surface area contributed by atoms with Crippen molar-refractivity contribution in [2.24, 2.45) is 7.05 Å². The maximum absolute atomic E-state index is 14.0. The fourth-order valence-electron chi connectivity index (χ4n) is 7.73. The summed E-state index contributed by atoms with van der Waals surface area (Å²) in [4.78, 5) is 34.8. The Morgan fingerprint density at radius 1 is 0.935 bits per heavy atom. The highest BCUT2D eigenvalue weighted by molar-refractivity contribution is 6.01. The lowest BCUT2D eigenvalue weighted by Gasteiger charge is -2.41. The number of benzene rings is 2. The Hall–Kier alpha value is -4.72. The molecule has 3 heterocycles. The first-order chi connectivity index (χ1) is 22.1. The predicted octanol–water partition coefficient (Wildman–Crippen LogP) is 7.93. The van der Waals surface area contributed by atoms with E-state index in [1.165, 1.54) is 36.0 Å². The molecule has 7 rings (SSSR count). The maximum atomic E-state index is 14.0. The van der Waals surface area contributed by atoms with Crippen LogP contribution in [0.25, 0.3) is 39.3 Å². The van der Waals surface area contributed by atoms with E-state index in [1.807, 2.05) is 42.8 Å². The van der Waals surface area contributed by atoms with Crippen molar-refractivity contribution in [1.29, 1.82) is 0 Å². The van der Waals surface area contributed by atoms with Crippen LogP contribution in [-0.4, -0.2) is 36.1 Å². The highest BCUT2D eigenvalue weighted by atomic mass is 16.4. The Balaban J connectivity index is 1.26. The third-order valence-corrected chi connectivity index (χ3v) is 10.2. The number of nitrogens with one attached hydrogen (secondary N) is 1. The van der Waals surface area contributed by atoms with Crippen molar-refractivity contribution in [2.75, 3.05) is 0 Å². The molecule has 0 bridgehead atoms. The van der Waals surface area contributed by atoms with Crippen LogP contribution in [0.5, 0.6) is 0 Å². The molecule has 1 amide bonds. The molecule has 46 heavy (non-hydrogen) atoms. The minimum Gasteiger partial charge on any atom is -0.478 e. The molecule has 2 aliphatic rings. The quantitative estimate of drug-likeness (QED) is 0.181. The molecule has 2 aliphatic carbocycles. The van der Waals surface area contributed by atoms with Gasteiger partial charge in [-0.2, -0.15) is 0 Å². The number of carbonyl (C=O) groups excluding carboxylic acids is 1. The number of pyridine rings is 1. The molecule has 0 unspecified atom stereocenters. The van der Waals surface area contributed by atoms with Crippen molar-refractivity contribution in [2.45, 2.75) is 83.7 Å². The summed E-state index contributed by atoms with van der Waals surface area (Å²) < 4.78 is 4.58. The van der Waals surface area contributed by atoms with Crippen LogP contribution in [0.4, 0.5) is 0 Å². The fraction of sp³-hybridized carbons (Fsp3) is 0.368. The number of aromatic nitrogens is 4. The van der Waals surface area contributed by atoms with E-state index in [-0.39, 0.29) is 5.91 Å². The van der Waals surface area contributed by atoms with Gasteiger partial charge in [-0.3, -0.25) is 9.78 Å². The third-order valence-electron chi connectivity index (χ3n) is 10.2. The summed E-state index contributed by atoms with van der Waals surface area (Å²) in [6, 6.07) is 16.6. The number of carboxylic acids is 1. The van der Waals surface area contributed by atoms with E-state index in [9.17, 15) is 9.59 Å². The molecule has 2 aromatic carbocycles. The van der Waals surface area contributed by atoms with Crippen LogP contribution in [0.2, 0.25) is 0 Å². The largest absolute Gasteiger partial charge is 0.478 e. The van der Waals surface area contributed by atoms with Crippen LogP contribution < -0.4 is 5.32 Å². The molecule has 0 aliphatic heterocycles. The highest BCUT2D eigenvalue weighted by Gasteiger charge is 2.44. The lowest BCUT2D eigenvalue weighted by atomic mass is 9.75. The molecule has 0 atom stereocenters. The van der Waals surface area contributed by atoms with Gasteiger partial charge >= 0.3 is 5.97 Å². The van der Waals surface area contributed by atoms with Crippen LogP contribution in [0.3, 0.4) is 0 Å². The molecular formula is C38H41N5O3. The maximum Gasteiger partial charge on any atom is 0.328 e. The minimum atomic E-state index is -0.987. The average molecular weight is 616 g/mol. The van der Waals surface area contributed by atoms with Gasteiger partial charge in [0.2, 0.25) is 0 Å². The number of carboxylic acid groups (broad SMARTS) is 1. The fourth-order valence-corrected chi connectivity index (χ4v) is 7.73. The summed E-state index contributed by atoms with van der Waals surface area (Å²) >= 11 is 0. The van der Waals surface area contributed by atoms with Gasteiger partial charge in [-0.05, 0) is 113 Å². The number of fused-ring (bicyclic) bond motifs is 2. The average Bonchev–Trinajstić information content (AvgIpc) is 3.51. The van der Waals surface area contributed by atoms with Crippen molar-refractivity contribution in [3.05, 3.63) is 88.5 Å². The number of rotatable bonds is 7. The Labute approximate surface area is 269 Å². The zero-order valence-electron chi connectivity index (χ0n) is 27.1. The van der Waals surface area contributed by atoms with Gasteiger partial charge in [0.25, 0.3) is 5.91 Å². The molecule has 0 spiro atoms. The summed E-state index contributed by atoms with van der Waals surface area (Å²) in [6.45, 7) is 6.31. The summed E-state index contributed by atoms with van der Waals surface area (Å²) in [5.41, 5.74) is 9.38. The third kappa shape index (κ3) is 5.10. The number of aliphatic carboxylic acids is 1. The normalized spacial score (nSPS) is 16.7. The molecular weight excluding hydrogens is 574 g/mol. The van der Waals surface area contributed by atoms with E-state index in [1.54, 1.807) is 6.08 Å². The predicted molar refractivity (Wildman–Crippen MR) is 182 cm³/mol. The second kappa shape index (κ2) is 11.6. The summed E-state index contributed by atoms with van der Waals surface area (Å²) in [7, 11) is 1.97. The number of carbonyl (C=O) groups is 2. The second-order valence-corrected chi connectivity index (χ2v) is 13.3. The Morgan fingerprint density at radius 2 is 1.72 bits per heavy atom. The minimum absolute atomic E-state index is 0.0988. The zero-order valence-corrected chi connectivity index (χ0v) is 27.1. The molecule has 8 heteroatoms. The standard InChI is InChI=1S/C38H41N5O3/c1-23-11-15-29(25(3)39-23)35-24(2)30-22-27(14-17-32(30)43(35)28-9-6-5-7-10-28)36(46)41-38(19-8-20-38)37-40-31-16-12-26(13-18-34(44)45)21-33(31)42(37)4/h11-18,21-22,28H,5-10,19-20H2,1-4H3,(H,41,46)(H,44,45)/b18-13+. The smallest absolute Gasteiger partial charge is 0.328 e. The number of hydrogen-bond acceptors (Lipinski definition) is 4. The van der Waals surface area contributed by atoms with Crippen molar-refractivity contribution in [3.63, 3.8) is 0 Å². The lowest BCUT2D eigenvalue weighted by molar-refractivity contribution is -0.131.